The molecule has 26 heavy (non-hydrogen) atoms. The van der Waals surface area contributed by atoms with Crippen molar-refractivity contribution in [3.63, 3.8) is 0 Å². The molecule has 4 N–H and O–H groups in total. The Labute approximate surface area is 166 Å². The second-order valence-electron chi connectivity index (χ2n) is 5.92. The number of aromatic amines is 1. The topological polar surface area (TPSA) is 95.7 Å². The smallest absolute Gasteiger partial charge is 0.274 e. The monoisotopic (exact) mass is 403 g/mol. The molecule has 146 valence electrons. The molecule has 0 saturated heterocycles. The van der Waals surface area contributed by atoms with E-state index in [-0.39, 0.29) is 36.7 Å². The van der Waals surface area contributed by atoms with Gasteiger partial charge in [0.25, 0.3) is 5.91 Å². The minimum absolute atomic E-state index is 0. The first kappa shape index (κ1) is 24.0. The Kier molecular flexibility index (Phi) is 10.1. The highest BCUT2D eigenvalue weighted by atomic mass is 35.5. The molecular weight excluding hydrogens is 377 g/mol. The van der Waals surface area contributed by atoms with Crippen molar-refractivity contribution in [3.05, 3.63) is 29.5 Å². The van der Waals surface area contributed by atoms with E-state index in [1.807, 2.05) is 33.2 Å². The number of nitrogens with one attached hydrogen (secondary N) is 2. The molecule has 0 spiro atoms. The van der Waals surface area contributed by atoms with Crippen LogP contribution in [0.5, 0.6) is 5.75 Å². The van der Waals surface area contributed by atoms with Crippen LogP contribution in [0.2, 0.25) is 0 Å². The van der Waals surface area contributed by atoms with E-state index in [1.165, 1.54) is 7.05 Å². The maximum absolute atomic E-state index is 12.2. The molecule has 9 heteroatoms. The molecule has 0 bridgehead atoms. The third-order valence-electron chi connectivity index (χ3n) is 3.71. The van der Waals surface area contributed by atoms with Crippen molar-refractivity contribution >= 4 is 47.6 Å². The van der Waals surface area contributed by atoms with Gasteiger partial charge in [0.15, 0.2) is 5.96 Å². The van der Waals surface area contributed by atoms with E-state index in [4.69, 9.17) is 10.5 Å². The third-order valence-corrected chi connectivity index (χ3v) is 3.71. The zero-order valence-electron chi connectivity index (χ0n) is 15.5. The van der Waals surface area contributed by atoms with Gasteiger partial charge in [-0.15, -0.1) is 24.8 Å². The summed E-state index contributed by atoms with van der Waals surface area (Å²) < 4.78 is 5.88. The van der Waals surface area contributed by atoms with Crippen LogP contribution in [0.1, 0.15) is 22.5 Å². The molecule has 0 atom stereocenters. The van der Waals surface area contributed by atoms with E-state index in [9.17, 15) is 4.79 Å². The first-order chi connectivity index (χ1) is 11.4. The van der Waals surface area contributed by atoms with E-state index in [1.54, 1.807) is 6.07 Å². The second kappa shape index (κ2) is 10.9. The van der Waals surface area contributed by atoms with E-state index in [0.29, 0.717) is 12.3 Å². The summed E-state index contributed by atoms with van der Waals surface area (Å²) >= 11 is 0. The standard InChI is InChI=1S/C17H25N5O2.2ClH/c1-11-6-7-14(24-9-5-8-22(3)4)15-12(11)10-13(20-15)16(23)21-17(18)19-2;;/h6-7,10,20H,5,8-9H2,1-4H3,(H3,18,19,21,23);2*1H. The van der Waals surface area contributed by atoms with Crippen LogP contribution in [-0.2, 0) is 0 Å². The number of H-pyrrole nitrogens is 1. The minimum Gasteiger partial charge on any atom is -0.491 e. The summed E-state index contributed by atoms with van der Waals surface area (Å²) in [6.07, 6.45) is 0.930. The molecule has 1 amide bonds. The number of ether oxygens (including phenoxy) is 1. The van der Waals surface area contributed by atoms with Gasteiger partial charge in [-0.05, 0) is 45.1 Å². The molecule has 0 unspecified atom stereocenters. The predicted molar refractivity (Wildman–Crippen MR) is 111 cm³/mol. The lowest BCUT2D eigenvalue weighted by atomic mass is 10.1. The number of aliphatic imine (C=N–C) groups is 1. The number of fused-ring (bicyclic) bond motifs is 1. The Morgan fingerprint density at radius 3 is 2.65 bits per heavy atom. The summed E-state index contributed by atoms with van der Waals surface area (Å²) in [6.45, 7) is 3.57. The van der Waals surface area contributed by atoms with Crippen LogP contribution in [0.4, 0.5) is 0 Å². The second-order valence-corrected chi connectivity index (χ2v) is 5.92. The van der Waals surface area contributed by atoms with Crippen LogP contribution in [0.3, 0.4) is 0 Å². The summed E-state index contributed by atoms with van der Waals surface area (Å²) in [5.41, 5.74) is 7.85. The normalized spacial score (nSPS) is 11.0. The number of amides is 1. The van der Waals surface area contributed by atoms with Crippen molar-refractivity contribution in [2.45, 2.75) is 13.3 Å². The van der Waals surface area contributed by atoms with Gasteiger partial charge in [0.1, 0.15) is 11.4 Å². The van der Waals surface area contributed by atoms with Gasteiger partial charge in [0.05, 0.1) is 12.1 Å². The Bertz CT molecular complexity index is 759. The van der Waals surface area contributed by atoms with Gasteiger partial charge in [-0.1, -0.05) is 6.07 Å². The lowest BCUT2D eigenvalue weighted by molar-refractivity contribution is 0.0972. The van der Waals surface area contributed by atoms with Crippen LogP contribution in [0, 0.1) is 6.92 Å². The number of carbonyl (C=O) groups is 1. The fourth-order valence-electron chi connectivity index (χ4n) is 2.38. The predicted octanol–water partition coefficient (Wildman–Crippen LogP) is 2.32. The van der Waals surface area contributed by atoms with E-state index in [2.05, 4.69) is 20.2 Å². The highest BCUT2D eigenvalue weighted by Crippen LogP contribution is 2.28. The molecule has 1 aromatic heterocycles. The van der Waals surface area contributed by atoms with Crippen LogP contribution in [0.25, 0.3) is 10.9 Å². The maximum Gasteiger partial charge on any atom is 0.274 e. The largest absolute Gasteiger partial charge is 0.491 e. The van der Waals surface area contributed by atoms with Gasteiger partial charge >= 0.3 is 0 Å². The fraction of sp³-hybridized carbons (Fsp3) is 0.412. The van der Waals surface area contributed by atoms with Crippen molar-refractivity contribution in [2.24, 2.45) is 10.7 Å². The molecule has 0 fully saturated rings. The first-order valence-corrected chi connectivity index (χ1v) is 7.86. The average Bonchev–Trinajstić information content (AvgIpc) is 2.99. The summed E-state index contributed by atoms with van der Waals surface area (Å²) in [7, 11) is 5.58. The molecule has 2 aromatic rings. The number of hydrogen-bond acceptors (Lipinski definition) is 4. The molecule has 1 aromatic carbocycles. The Morgan fingerprint density at radius 2 is 2.04 bits per heavy atom. The van der Waals surface area contributed by atoms with Gasteiger partial charge in [-0.2, -0.15) is 0 Å². The minimum atomic E-state index is -0.327. The number of carbonyl (C=O) groups excluding carboxylic acids is 1. The lowest BCUT2D eigenvalue weighted by Crippen LogP contribution is -2.36. The highest BCUT2D eigenvalue weighted by Gasteiger charge is 2.14. The molecule has 7 nitrogen and oxygen atoms in total. The van der Waals surface area contributed by atoms with Crippen molar-refractivity contribution in [3.8, 4) is 5.75 Å². The molecule has 0 aliphatic carbocycles. The highest BCUT2D eigenvalue weighted by molar-refractivity contribution is 6.07. The Hall–Kier alpha value is -1.96. The molecule has 0 radical (unpaired) electrons. The van der Waals surface area contributed by atoms with Crippen molar-refractivity contribution < 1.29 is 9.53 Å². The number of benzene rings is 1. The van der Waals surface area contributed by atoms with Crippen LogP contribution in [0.15, 0.2) is 23.2 Å². The molecule has 1 heterocycles. The van der Waals surface area contributed by atoms with Crippen LogP contribution < -0.4 is 15.8 Å². The lowest BCUT2D eigenvalue weighted by Gasteiger charge is -2.11. The number of hydrogen-bond donors (Lipinski definition) is 3. The molecular formula is C17H27Cl2N5O2. The number of nitrogens with zero attached hydrogens (tertiary/aromatic N) is 2. The molecule has 0 aliphatic heterocycles. The number of halogens is 2. The average molecular weight is 404 g/mol. The quantitative estimate of drug-likeness (QED) is 0.391. The number of nitrogens with two attached hydrogens (primary N) is 1. The SMILES string of the molecule is CN=C(N)NC(=O)c1cc2c(C)ccc(OCCCN(C)C)c2[nH]1.Cl.Cl. The molecule has 2 rings (SSSR count). The van der Waals surface area contributed by atoms with Gasteiger partial charge < -0.3 is 20.4 Å². The van der Waals surface area contributed by atoms with E-state index >= 15 is 0 Å². The maximum atomic E-state index is 12.2. The van der Waals surface area contributed by atoms with Crippen molar-refractivity contribution in [1.82, 2.24) is 15.2 Å². The fourth-order valence-corrected chi connectivity index (χ4v) is 2.38. The van der Waals surface area contributed by atoms with Gasteiger partial charge in [0.2, 0.25) is 0 Å². The molecule has 0 saturated carbocycles. The Morgan fingerprint density at radius 1 is 1.35 bits per heavy atom. The summed E-state index contributed by atoms with van der Waals surface area (Å²) in [5.74, 6) is 0.494. The van der Waals surface area contributed by atoms with Crippen LogP contribution >= 0.6 is 24.8 Å². The van der Waals surface area contributed by atoms with Gasteiger partial charge in [-0.25, -0.2) is 0 Å². The first-order valence-electron chi connectivity index (χ1n) is 7.86. The van der Waals surface area contributed by atoms with E-state index in [0.717, 1.165) is 35.2 Å². The molecule has 0 aliphatic rings. The summed E-state index contributed by atoms with van der Waals surface area (Å²) in [4.78, 5) is 21.2. The third kappa shape index (κ3) is 6.09. The van der Waals surface area contributed by atoms with Crippen molar-refractivity contribution in [2.75, 3.05) is 34.3 Å². The number of aromatic nitrogens is 1. The Balaban J connectivity index is 0.00000312. The number of guanidine groups is 1. The summed E-state index contributed by atoms with van der Waals surface area (Å²) in [5, 5.41) is 3.48. The number of aryl methyl sites for hydroxylation is 1. The van der Waals surface area contributed by atoms with Crippen LogP contribution in [-0.4, -0.2) is 56.0 Å². The number of rotatable bonds is 6. The van der Waals surface area contributed by atoms with Crippen molar-refractivity contribution in [1.29, 1.82) is 0 Å². The van der Waals surface area contributed by atoms with Gasteiger partial charge in [0, 0.05) is 19.0 Å². The zero-order chi connectivity index (χ0) is 17.7. The van der Waals surface area contributed by atoms with E-state index < -0.39 is 0 Å². The zero-order valence-corrected chi connectivity index (χ0v) is 17.1. The summed E-state index contributed by atoms with van der Waals surface area (Å²) in [6, 6.07) is 5.71. The van der Waals surface area contributed by atoms with Gasteiger partial charge in [-0.3, -0.25) is 15.1 Å².